The van der Waals surface area contributed by atoms with Gasteiger partial charge in [0.1, 0.15) is 17.3 Å². The van der Waals surface area contributed by atoms with E-state index in [1.165, 1.54) is 17.7 Å². The Labute approximate surface area is 113 Å². The number of ether oxygens (including phenoxy) is 1. The second-order valence-electron chi connectivity index (χ2n) is 5.00. The lowest BCUT2D eigenvalue weighted by atomic mass is 10.0. The van der Waals surface area contributed by atoms with Crippen molar-refractivity contribution in [2.45, 2.75) is 26.7 Å². The van der Waals surface area contributed by atoms with Crippen LogP contribution in [0.1, 0.15) is 30.9 Å². The minimum absolute atomic E-state index is 0.354. The third-order valence-corrected chi connectivity index (χ3v) is 3.00. The van der Waals surface area contributed by atoms with E-state index in [9.17, 15) is 4.39 Å². The third-order valence-electron chi connectivity index (χ3n) is 3.00. The molecule has 0 heterocycles. The van der Waals surface area contributed by atoms with Crippen LogP contribution in [0.25, 0.3) is 0 Å². The minimum Gasteiger partial charge on any atom is -0.457 e. The molecule has 0 saturated heterocycles. The van der Waals surface area contributed by atoms with Gasteiger partial charge in [-0.15, -0.1) is 0 Å². The van der Waals surface area contributed by atoms with Gasteiger partial charge in [-0.25, -0.2) is 4.39 Å². The smallest absolute Gasteiger partial charge is 0.132 e. The molecule has 0 spiro atoms. The van der Waals surface area contributed by atoms with Crippen molar-refractivity contribution in [1.29, 1.82) is 0 Å². The summed E-state index contributed by atoms with van der Waals surface area (Å²) >= 11 is 0. The van der Waals surface area contributed by atoms with Crippen LogP contribution in [-0.4, -0.2) is 0 Å². The highest BCUT2D eigenvalue weighted by Crippen LogP contribution is 2.30. The van der Waals surface area contributed by atoms with Gasteiger partial charge < -0.3 is 10.5 Å². The number of nitrogen functional groups attached to an aromatic ring is 1. The molecule has 0 aliphatic rings. The highest BCUT2D eigenvalue weighted by atomic mass is 19.1. The fourth-order valence-electron chi connectivity index (χ4n) is 1.86. The first-order chi connectivity index (χ1) is 8.95. The molecule has 0 radical (unpaired) electrons. The summed E-state index contributed by atoms with van der Waals surface area (Å²) in [6.45, 7) is 6.20. The number of hydrogen-bond acceptors (Lipinski definition) is 2. The van der Waals surface area contributed by atoms with E-state index in [1.54, 1.807) is 6.07 Å². The summed E-state index contributed by atoms with van der Waals surface area (Å²) in [5.41, 5.74) is 8.16. The molecule has 0 unspecified atom stereocenters. The van der Waals surface area contributed by atoms with E-state index < -0.39 is 5.82 Å². The van der Waals surface area contributed by atoms with Crippen molar-refractivity contribution in [3.63, 3.8) is 0 Å². The monoisotopic (exact) mass is 259 g/mol. The maximum absolute atomic E-state index is 13.3. The summed E-state index contributed by atoms with van der Waals surface area (Å²) in [5, 5.41) is 0. The average molecular weight is 259 g/mol. The molecule has 2 aromatic rings. The van der Waals surface area contributed by atoms with Crippen molar-refractivity contribution in [3.05, 3.63) is 53.3 Å². The van der Waals surface area contributed by atoms with E-state index in [1.807, 2.05) is 19.1 Å². The van der Waals surface area contributed by atoms with Gasteiger partial charge in [-0.1, -0.05) is 26.0 Å². The molecule has 2 rings (SSSR count). The Morgan fingerprint density at radius 1 is 1.11 bits per heavy atom. The van der Waals surface area contributed by atoms with Gasteiger partial charge >= 0.3 is 0 Å². The number of hydrogen-bond donors (Lipinski definition) is 1. The van der Waals surface area contributed by atoms with Gasteiger partial charge in [-0.3, -0.25) is 0 Å². The molecule has 2 aromatic carbocycles. The Hall–Kier alpha value is -2.03. The van der Waals surface area contributed by atoms with E-state index in [4.69, 9.17) is 10.5 Å². The molecule has 0 atom stereocenters. The molecule has 0 aliphatic carbocycles. The van der Waals surface area contributed by atoms with Crippen molar-refractivity contribution in [1.82, 2.24) is 0 Å². The Morgan fingerprint density at radius 2 is 1.84 bits per heavy atom. The first-order valence-electron chi connectivity index (χ1n) is 6.30. The van der Waals surface area contributed by atoms with Crippen LogP contribution in [0.15, 0.2) is 36.4 Å². The van der Waals surface area contributed by atoms with E-state index >= 15 is 0 Å². The zero-order chi connectivity index (χ0) is 14.0. The van der Waals surface area contributed by atoms with E-state index in [-0.39, 0.29) is 0 Å². The fourth-order valence-corrected chi connectivity index (χ4v) is 1.86. The molecule has 0 amide bonds. The van der Waals surface area contributed by atoms with Gasteiger partial charge in [0.05, 0.1) is 0 Å². The van der Waals surface area contributed by atoms with Crippen LogP contribution in [-0.2, 0) is 0 Å². The Morgan fingerprint density at radius 3 is 2.47 bits per heavy atom. The second-order valence-corrected chi connectivity index (χ2v) is 5.00. The third kappa shape index (κ3) is 3.25. The van der Waals surface area contributed by atoms with Crippen LogP contribution in [0.4, 0.5) is 10.1 Å². The quantitative estimate of drug-likeness (QED) is 0.815. The van der Waals surface area contributed by atoms with Gasteiger partial charge in [0.25, 0.3) is 0 Å². The summed E-state index contributed by atoms with van der Waals surface area (Å²) in [7, 11) is 0. The Bertz CT molecular complexity index is 573. The molecule has 19 heavy (non-hydrogen) atoms. The average Bonchev–Trinajstić information content (AvgIpc) is 2.30. The van der Waals surface area contributed by atoms with Crippen molar-refractivity contribution in [3.8, 4) is 11.5 Å². The summed E-state index contributed by atoms with van der Waals surface area (Å²) in [4.78, 5) is 0. The molecule has 0 aromatic heterocycles. The van der Waals surface area contributed by atoms with Crippen molar-refractivity contribution in [2.24, 2.45) is 0 Å². The second kappa shape index (κ2) is 5.31. The topological polar surface area (TPSA) is 35.2 Å². The number of anilines is 1. The van der Waals surface area contributed by atoms with Gasteiger partial charge in [-0.2, -0.15) is 0 Å². The molecule has 100 valence electrons. The lowest BCUT2D eigenvalue weighted by molar-refractivity contribution is 0.472. The molecule has 0 bridgehead atoms. The summed E-state index contributed by atoms with van der Waals surface area (Å²) in [5.74, 6) is 1.17. The van der Waals surface area contributed by atoms with Crippen LogP contribution < -0.4 is 10.5 Å². The first-order valence-corrected chi connectivity index (χ1v) is 6.30. The molecule has 3 heteroatoms. The maximum Gasteiger partial charge on any atom is 0.132 e. The lowest BCUT2D eigenvalue weighted by Gasteiger charge is -2.13. The Balaban J connectivity index is 2.34. The normalized spacial score (nSPS) is 10.8. The standard InChI is InChI=1S/C16H18FNO/c1-10(2)12-5-4-11(3)16(6-12)19-15-8-13(17)7-14(18)9-15/h4-10H,18H2,1-3H3. The predicted molar refractivity (Wildman–Crippen MR) is 76.2 cm³/mol. The minimum atomic E-state index is -0.396. The van der Waals surface area contributed by atoms with Gasteiger partial charge in [0.2, 0.25) is 0 Å². The fraction of sp³-hybridized carbons (Fsp3) is 0.250. The van der Waals surface area contributed by atoms with Crippen LogP contribution in [0, 0.1) is 12.7 Å². The van der Waals surface area contributed by atoms with E-state index in [0.717, 1.165) is 11.3 Å². The highest BCUT2D eigenvalue weighted by Gasteiger charge is 2.07. The molecule has 0 fully saturated rings. The largest absolute Gasteiger partial charge is 0.457 e. The van der Waals surface area contributed by atoms with Gasteiger partial charge in [-0.05, 0) is 36.1 Å². The SMILES string of the molecule is Cc1ccc(C(C)C)cc1Oc1cc(N)cc(F)c1. The molecule has 2 nitrogen and oxygen atoms in total. The summed E-state index contributed by atoms with van der Waals surface area (Å²) < 4.78 is 19.0. The summed E-state index contributed by atoms with van der Waals surface area (Å²) in [6.07, 6.45) is 0. The molecular weight excluding hydrogens is 241 g/mol. The van der Waals surface area contributed by atoms with Crippen LogP contribution >= 0.6 is 0 Å². The molecule has 2 N–H and O–H groups in total. The summed E-state index contributed by atoms with van der Waals surface area (Å²) in [6, 6.07) is 10.3. The first kappa shape index (κ1) is 13.4. The highest BCUT2D eigenvalue weighted by molar-refractivity contribution is 5.47. The maximum atomic E-state index is 13.3. The van der Waals surface area contributed by atoms with Crippen molar-refractivity contribution < 1.29 is 9.13 Å². The van der Waals surface area contributed by atoms with Crippen molar-refractivity contribution >= 4 is 5.69 Å². The number of benzene rings is 2. The van der Waals surface area contributed by atoms with Crippen LogP contribution in [0.2, 0.25) is 0 Å². The number of rotatable bonds is 3. The molecular formula is C16H18FNO. The van der Waals surface area contributed by atoms with Crippen molar-refractivity contribution in [2.75, 3.05) is 5.73 Å². The predicted octanol–water partition coefficient (Wildman–Crippen LogP) is 4.63. The Kier molecular flexibility index (Phi) is 3.74. The van der Waals surface area contributed by atoms with Crippen LogP contribution in [0.5, 0.6) is 11.5 Å². The van der Waals surface area contributed by atoms with E-state index in [2.05, 4.69) is 19.9 Å². The van der Waals surface area contributed by atoms with Gasteiger partial charge in [0, 0.05) is 17.8 Å². The molecule has 0 aliphatic heterocycles. The lowest BCUT2D eigenvalue weighted by Crippen LogP contribution is -1.94. The number of aryl methyl sites for hydroxylation is 1. The van der Waals surface area contributed by atoms with Crippen LogP contribution in [0.3, 0.4) is 0 Å². The van der Waals surface area contributed by atoms with Gasteiger partial charge in [0.15, 0.2) is 0 Å². The molecule has 0 saturated carbocycles. The van der Waals surface area contributed by atoms with E-state index in [0.29, 0.717) is 17.4 Å². The number of halogens is 1. The zero-order valence-electron chi connectivity index (χ0n) is 11.4. The number of nitrogens with two attached hydrogens (primary N) is 1. The zero-order valence-corrected chi connectivity index (χ0v) is 11.4.